The number of hydrogen-bond donors (Lipinski definition) is 0. The number of carbonyl (C=O) groups is 1. The molecule has 0 bridgehead atoms. The van der Waals surface area contributed by atoms with Crippen molar-refractivity contribution >= 4 is 5.91 Å². The summed E-state index contributed by atoms with van der Waals surface area (Å²) in [5.74, 6) is 0.324. The highest BCUT2D eigenvalue weighted by Crippen LogP contribution is 2.20. The first kappa shape index (κ1) is 16.8. The predicted molar refractivity (Wildman–Crippen MR) is 86.6 cm³/mol. The van der Waals surface area contributed by atoms with Crippen LogP contribution in [-0.2, 0) is 0 Å². The Kier molecular flexibility index (Phi) is 5.57. The molecule has 5 heteroatoms. The fourth-order valence-corrected chi connectivity index (χ4v) is 2.16. The van der Waals surface area contributed by atoms with Crippen LogP contribution in [0.5, 0.6) is 11.5 Å². The number of rotatable bonds is 6. The van der Waals surface area contributed by atoms with Crippen LogP contribution in [0.15, 0.2) is 42.5 Å². The van der Waals surface area contributed by atoms with E-state index in [0.29, 0.717) is 18.9 Å². The maximum absolute atomic E-state index is 13.4. The van der Waals surface area contributed by atoms with Gasteiger partial charge in [-0.2, -0.15) is 0 Å². The summed E-state index contributed by atoms with van der Waals surface area (Å²) in [6, 6.07) is 11.6. The minimum atomic E-state index is -0.474. The van der Waals surface area contributed by atoms with E-state index < -0.39 is 5.82 Å². The van der Waals surface area contributed by atoms with Crippen molar-refractivity contribution in [3.05, 3.63) is 59.4 Å². The topological polar surface area (TPSA) is 38.8 Å². The Morgan fingerprint density at radius 2 is 2.00 bits per heavy atom. The van der Waals surface area contributed by atoms with E-state index in [9.17, 15) is 9.18 Å². The van der Waals surface area contributed by atoms with Gasteiger partial charge in [0.15, 0.2) is 0 Å². The maximum atomic E-state index is 13.4. The Morgan fingerprint density at radius 1 is 1.22 bits per heavy atom. The van der Waals surface area contributed by atoms with Gasteiger partial charge in [-0.3, -0.25) is 4.79 Å². The molecule has 0 heterocycles. The number of amides is 1. The Labute approximate surface area is 135 Å². The molecule has 122 valence electrons. The Hall–Kier alpha value is -2.56. The van der Waals surface area contributed by atoms with Crippen molar-refractivity contribution in [3.63, 3.8) is 0 Å². The zero-order valence-corrected chi connectivity index (χ0v) is 13.5. The molecule has 0 saturated heterocycles. The van der Waals surface area contributed by atoms with Crippen molar-refractivity contribution in [2.75, 3.05) is 27.3 Å². The van der Waals surface area contributed by atoms with Gasteiger partial charge in [0.1, 0.15) is 23.9 Å². The van der Waals surface area contributed by atoms with Crippen LogP contribution in [-0.4, -0.2) is 38.1 Å². The zero-order valence-electron chi connectivity index (χ0n) is 13.5. The molecule has 1 amide bonds. The largest absolute Gasteiger partial charge is 0.496 e. The van der Waals surface area contributed by atoms with Crippen molar-refractivity contribution in [1.29, 1.82) is 0 Å². The van der Waals surface area contributed by atoms with Crippen molar-refractivity contribution in [3.8, 4) is 11.5 Å². The summed E-state index contributed by atoms with van der Waals surface area (Å²) in [6.07, 6.45) is 0. The van der Waals surface area contributed by atoms with Gasteiger partial charge in [0, 0.05) is 7.05 Å². The fourth-order valence-electron chi connectivity index (χ4n) is 2.16. The standard InChI is InChI=1S/C18H20FNO3/c1-13-5-4-6-15(11-13)23-10-9-20(2)18(21)16-12-14(19)7-8-17(16)22-3/h4-8,11-12H,9-10H2,1-3H3. The van der Waals surface area contributed by atoms with Crippen LogP contribution < -0.4 is 9.47 Å². The number of hydrogen-bond acceptors (Lipinski definition) is 3. The second-order valence-electron chi connectivity index (χ2n) is 5.24. The van der Waals surface area contributed by atoms with Crippen LogP contribution in [0.25, 0.3) is 0 Å². The molecule has 2 aromatic carbocycles. The average molecular weight is 317 g/mol. The number of aryl methyl sites for hydroxylation is 1. The van der Waals surface area contributed by atoms with E-state index in [1.165, 1.54) is 30.2 Å². The second-order valence-corrected chi connectivity index (χ2v) is 5.24. The molecule has 4 nitrogen and oxygen atoms in total. The van der Waals surface area contributed by atoms with E-state index in [2.05, 4.69) is 0 Å². The summed E-state index contributed by atoms with van der Waals surface area (Å²) >= 11 is 0. The summed E-state index contributed by atoms with van der Waals surface area (Å²) in [5.41, 5.74) is 1.31. The van der Waals surface area contributed by atoms with Crippen LogP contribution in [0, 0.1) is 12.7 Å². The highest BCUT2D eigenvalue weighted by molar-refractivity contribution is 5.96. The van der Waals surface area contributed by atoms with Gasteiger partial charge in [0.05, 0.1) is 19.2 Å². The number of benzene rings is 2. The normalized spacial score (nSPS) is 10.3. The van der Waals surface area contributed by atoms with Crippen molar-refractivity contribution < 1.29 is 18.7 Å². The quantitative estimate of drug-likeness (QED) is 0.820. The summed E-state index contributed by atoms with van der Waals surface area (Å²) in [7, 11) is 3.09. The smallest absolute Gasteiger partial charge is 0.257 e. The van der Waals surface area contributed by atoms with Gasteiger partial charge in [-0.15, -0.1) is 0 Å². The molecule has 0 spiro atoms. The Balaban J connectivity index is 1.96. The molecular formula is C18H20FNO3. The van der Waals surface area contributed by atoms with E-state index >= 15 is 0 Å². The van der Waals surface area contributed by atoms with Crippen LogP contribution >= 0.6 is 0 Å². The summed E-state index contributed by atoms with van der Waals surface area (Å²) in [5, 5.41) is 0. The van der Waals surface area contributed by atoms with Crippen LogP contribution in [0.1, 0.15) is 15.9 Å². The SMILES string of the molecule is COc1ccc(F)cc1C(=O)N(C)CCOc1cccc(C)c1. The lowest BCUT2D eigenvalue weighted by Gasteiger charge is -2.19. The summed E-state index contributed by atoms with van der Waals surface area (Å²) in [6.45, 7) is 2.72. The number of halogens is 1. The Morgan fingerprint density at radius 3 is 2.70 bits per heavy atom. The molecular weight excluding hydrogens is 297 g/mol. The molecule has 0 atom stereocenters. The number of ether oxygens (including phenoxy) is 2. The van der Waals surface area contributed by atoms with E-state index in [1.807, 2.05) is 31.2 Å². The van der Waals surface area contributed by atoms with Crippen LogP contribution in [0.2, 0.25) is 0 Å². The van der Waals surface area contributed by atoms with Crippen LogP contribution in [0.3, 0.4) is 0 Å². The third-order valence-electron chi connectivity index (χ3n) is 3.42. The summed E-state index contributed by atoms with van der Waals surface area (Å²) in [4.78, 5) is 13.9. The van der Waals surface area contributed by atoms with Gasteiger partial charge in [0.2, 0.25) is 0 Å². The maximum Gasteiger partial charge on any atom is 0.257 e. The Bertz CT molecular complexity index is 688. The number of likely N-dealkylation sites (N-methyl/N-ethyl adjacent to an activating group) is 1. The molecule has 0 N–H and O–H groups in total. The van der Waals surface area contributed by atoms with Gasteiger partial charge in [0.25, 0.3) is 5.91 Å². The van der Waals surface area contributed by atoms with Gasteiger partial charge in [-0.05, 0) is 42.8 Å². The third-order valence-corrected chi connectivity index (χ3v) is 3.42. The molecule has 0 radical (unpaired) electrons. The first-order chi connectivity index (χ1) is 11.0. The number of carbonyl (C=O) groups excluding carboxylic acids is 1. The average Bonchev–Trinajstić information content (AvgIpc) is 2.54. The van der Waals surface area contributed by atoms with Gasteiger partial charge in [-0.25, -0.2) is 4.39 Å². The van der Waals surface area contributed by atoms with E-state index in [1.54, 1.807) is 7.05 Å². The predicted octanol–water partition coefficient (Wildman–Crippen LogP) is 3.29. The first-order valence-electron chi connectivity index (χ1n) is 7.29. The lowest BCUT2D eigenvalue weighted by Crippen LogP contribution is -2.31. The van der Waals surface area contributed by atoms with Gasteiger partial charge >= 0.3 is 0 Å². The highest BCUT2D eigenvalue weighted by Gasteiger charge is 2.17. The minimum Gasteiger partial charge on any atom is -0.496 e. The molecule has 0 aliphatic rings. The fraction of sp³-hybridized carbons (Fsp3) is 0.278. The number of methoxy groups -OCH3 is 1. The van der Waals surface area contributed by atoms with Crippen molar-refractivity contribution in [2.45, 2.75) is 6.92 Å². The molecule has 23 heavy (non-hydrogen) atoms. The van der Waals surface area contributed by atoms with E-state index in [0.717, 1.165) is 11.3 Å². The van der Waals surface area contributed by atoms with Gasteiger partial charge in [-0.1, -0.05) is 12.1 Å². The zero-order chi connectivity index (χ0) is 16.8. The second kappa shape index (κ2) is 7.63. The third kappa shape index (κ3) is 4.45. The molecule has 2 rings (SSSR count). The lowest BCUT2D eigenvalue weighted by molar-refractivity contribution is 0.0770. The molecule has 2 aromatic rings. The molecule has 0 aliphatic carbocycles. The highest BCUT2D eigenvalue weighted by atomic mass is 19.1. The van der Waals surface area contributed by atoms with Crippen LogP contribution in [0.4, 0.5) is 4.39 Å². The minimum absolute atomic E-state index is 0.200. The lowest BCUT2D eigenvalue weighted by atomic mass is 10.1. The molecule has 0 aromatic heterocycles. The monoisotopic (exact) mass is 317 g/mol. The van der Waals surface area contributed by atoms with E-state index in [4.69, 9.17) is 9.47 Å². The van der Waals surface area contributed by atoms with Crippen molar-refractivity contribution in [1.82, 2.24) is 4.90 Å². The molecule has 0 aliphatic heterocycles. The number of nitrogens with zero attached hydrogens (tertiary/aromatic N) is 1. The summed E-state index contributed by atoms with van der Waals surface area (Å²) < 4.78 is 24.1. The molecule has 0 fully saturated rings. The molecule has 0 saturated carbocycles. The first-order valence-corrected chi connectivity index (χ1v) is 7.29. The van der Waals surface area contributed by atoms with Gasteiger partial charge < -0.3 is 14.4 Å². The van der Waals surface area contributed by atoms with E-state index in [-0.39, 0.29) is 11.5 Å². The van der Waals surface area contributed by atoms with Crippen molar-refractivity contribution in [2.24, 2.45) is 0 Å². The molecule has 0 unspecified atom stereocenters.